The number of carbonyl (C=O) groups is 1. The Morgan fingerprint density at radius 1 is 1.38 bits per heavy atom. The first-order chi connectivity index (χ1) is 11.6. The van der Waals surface area contributed by atoms with Gasteiger partial charge in [0, 0.05) is 6.04 Å². The van der Waals surface area contributed by atoms with Gasteiger partial charge < -0.3 is 5.32 Å². The number of aryl methyl sites for hydroxylation is 1. The number of hydrogen-bond donors (Lipinski definition) is 1. The molecule has 1 aliphatic rings. The number of carbonyl (C=O) groups excluding carboxylic acids is 1. The number of aromatic nitrogens is 4. The number of tetrazole rings is 1. The molecular weight excluding hydrogens is 322 g/mol. The number of nitrogens with zero attached hydrogens (tertiary/aromatic N) is 4. The summed E-state index contributed by atoms with van der Waals surface area (Å²) in [5, 5.41) is 15.6. The molecule has 6 nitrogen and oxygen atoms in total. The molecule has 24 heavy (non-hydrogen) atoms. The highest BCUT2D eigenvalue weighted by Crippen LogP contribution is 2.24. The van der Waals surface area contributed by atoms with Crippen LogP contribution in [0.15, 0.2) is 29.4 Å². The average Bonchev–Trinajstić information content (AvgIpc) is 3.04. The molecule has 1 aromatic carbocycles. The highest BCUT2D eigenvalue weighted by atomic mass is 32.2. The molecule has 2 unspecified atom stereocenters. The Balaban J connectivity index is 1.59. The predicted octanol–water partition coefficient (Wildman–Crippen LogP) is 2.76. The average molecular weight is 345 g/mol. The van der Waals surface area contributed by atoms with Crippen LogP contribution in [0.2, 0.25) is 0 Å². The Morgan fingerprint density at radius 3 is 3.00 bits per heavy atom. The maximum absolute atomic E-state index is 12.2. The second-order valence-electron chi connectivity index (χ2n) is 6.44. The zero-order valence-corrected chi connectivity index (χ0v) is 14.9. The Hall–Kier alpha value is -1.89. The van der Waals surface area contributed by atoms with Crippen LogP contribution in [0.25, 0.3) is 5.69 Å². The molecular formula is C17H23N5OS. The van der Waals surface area contributed by atoms with Gasteiger partial charge in [-0.25, -0.2) is 0 Å². The summed E-state index contributed by atoms with van der Waals surface area (Å²) in [5.41, 5.74) is 2.05. The summed E-state index contributed by atoms with van der Waals surface area (Å²) in [5.74, 6) is 0.943. The van der Waals surface area contributed by atoms with E-state index in [1.165, 1.54) is 31.0 Å². The third kappa shape index (κ3) is 4.14. The van der Waals surface area contributed by atoms with E-state index < -0.39 is 0 Å². The van der Waals surface area contributed by atoms with E-state index in [2.05, 4.69) is 27.8 Å². The van der Waals surface area contributed by atoms with Crippen molar-refractivity contribution in [2.75, 3.05) is 5.75 Å². The van der Waals surface area contributed by atoms with Crippen LogP contribution in [0.5, 0.6) is 0 Å². The van der Waals surface area contributed by atoms with E-state index in [0.29, 0.717) is 22.9 Å². The molecule has 1 saturated carbocycles. The van der Waals surface area contributed by atoms with Gasteiger partial charge in [0.15, 0.2) is 0 Å². The lowest BCUT2D eigenvalue weighted by atomic mass is 9.86. The molecule has 0 aliphatic heterocycles. The molecule has 2 aromatic rings. The van der Waals surface area contributed by atoms with Crippen molar-refractivity contribution in [3.05, 3.63) is 29.8 Å². The fraction of sp³-hybridized carbons (Fsp3) is 0.529. The molecule has 0 saturated heterocycles. The van der Waals surface area contributed by atoms with E-state index in [1.807, 2.05) is 31.2 Å². The van der Waals surface area contributed by atoms with Crippen molar-refractivity contribution >= 4 is 17.7 Å². The van der Waals surface area contributed by atoms with Crippen LogP contribution in [-0.2, 0) is 4.79 Å². The van der Waals surface area contributed by atoms with Crippen LogP contribution in [0.3, 0.4) is 0 Å². The summed E-state index contributed by atoms with van der Waals surface area (Å²) < 4.78 is 1.67. The number of thioether (sulfide) groups is 1. The number of hydrogen-bond acceptors (Lipinski definition) is 5. The molecule has 0 bridgehead atoms. The van der Waals surface area contributed by atoms with Crippen LogP contribution < -0.4 is 5.32 Å². The van der Waals surface area contributed by atoms with Crippen molar-refractivity contribution in [1.29, 1.82) is 0 Å². The molecule has 0 spiro atoms. The summed E-state index contributed by atoms with van der Waals surface area (Å²) in [6.45, 7) is 4.25. The number of nitrogens with one attached hydrogen (secondary N) is 1. The second kappa shape index (κ2) is 7.79. The summed E-state index contributed by atoms with van der Waals surface area (Å²) in [4.78, 5) is 12.2. The Kier molecular flexibility index (Phi) is 5.50. The molecule has 1 aromatic heterocycles. The third-order valence-electron chi connectivity index (χ3n) is 4.48. The zero-order chi connectivity index (χ0) is 16.9. The van der Waals surface area contributed by atoms with Gasteiger partial charge in [-0.15, -0.1) is 5.10 Å². The van der Waals surface area contributed by atoms with Crippen molar-refractivity contribution < 1.29 is 4.79 Å². The van der Waals surface area contributed by atoms with Crippen molar-refractivity contribution in [3.8, 4) is 5.69 Å². The second-order valence-corrected chi connectivity index (χ2v) is 7.38. The molecule has 2 atom stereocenters. The van der Waals surface area contributed by atoms with Crippen molar-refractivity contribution in [2.45, 2.75) is 50.7 Å². The lowest BCUT2D eigenvalue weighted by molar-refractivity contribution is -0.119. The summed E-state index contributed by atoms with van der Waals surface area (Å²) >= 11 is 1.37. The summed E-state index contributed by atoms with van der Waals surface area (Å²) in [6, 6.07) is 8.28. The Labute approximate surface area is 146 Å². The van der Waals surface area contributed by atoms with Gasteiger partial charge in [-0.2, -0.15) is 4.68 Å². The van der Waals surface area contributed by atoms with Crippen molar-refractivity contribution in [3.63, 3.8) is 0 Å². The van der Waals surface area contributed by atoms with Gasteiger partial charge >= 0.3 is 0 Å². The molecule has 128 valence electrons. The molecule has 7 heteroatoms. The largest absolute Gasteiger partial charge is 0.352 e. The van der Waals surface area contributed by atoms with E-state index in [0.717, 1.165) is 17.7 Å². The lowest BCUT2D eigenvalue weighted by Gasteiger charge is -2.29. The van der Waals surface area contributed by atoms with E-state index >= 15 is 0 Å². The van der Waals surface area contributed by atoms with Crippen LogP contribution >= 0.6 is 11.8 Å². The van der Waals surface area contributed by atoms with Gasteiger partial charge in [0.25, 0.3) is 0 Å². The standard InChI is InChI=1S/C17H23N5OS/c1-12-6-5-8-14(10-12)22-17(19-20-21-22)24-11-16(23)18-15-9-4-3-7-13(15)2/h5-6,8,10,13,15H,3-4,7,9,11H2,1-2H3,(H,18,23). The summed E-state index contributed by atoms with van der Waals surface area (Å²) in [6.07, 6.45) is 4.75. The topological polar surface area (TPSA) is 72.7 Å². The first kappa shape index (κ1) is 17.0. The minimum atomic E-state index is 0.0533. The normalized spacial score (nSPS) is 20.8. The Morgan fingerprint density at radius 2 is 2.21 bits per heavy atom. The molecule has 1 amide bonds. The maximum Gasteiger partial charge on any atom is 0.230 e. The fourth-order valence-corrected chi connectivity index (χ4v) is 3.80. The number of rotatable bonds is 5. The highest BCUT2D eigenvalue weighted by Gasteiger charge is 2.23. The van der Waals surface area contributed by atoms with Gasteiger partial charge in [0.1, 0.15) is 0 Å². The van der Waals surface area contributed by atoms with E-state index in [9.17, 15) is 4.79 Å². The van der Waals surface area contributed by atoms with Gasteiger partial charge in [-0.05, 0) is 53.8 Å². The van der Waals surface area contributed by atoms with Gasteiger partial charge in [0.05, 0.1) is 11.4 Å². The minimum absolute atomic E-state index is 0.0533. The van der Waals surface area contributed by atoms with Crippen LogP contribution in [0.4, 0.5) is 0 Å². The third-order valence-corrected chi connectivity index (χ3v) is 5.40. The van der Waals surface area contributed by atoms with E-state index in [-0.39, 0.29) is 5.91 Å². The molecule has 0 radical (unpaired) electrons. The SMILES string of the molecule is Cc1cccc(-n2nnnc2SCC(=O)NC2CCCCC2C)c1. The number of amides is 1. The monoisotopic (exact) mass is 345 g/mol. The lowest BCUT2D eigenvalue weighted by Crippen LogP contribution is -2.41. The zero-order valence-electron chi connectivity index (χ0n) is 14.1. The van der Waals surface area contributed by atoms with Crippen molar-refractivity contribution in [1.82, 2.24) is 25.5 Å². The molecule has 1 aliphatic carbocycles. The van der Waals surface area contributed by atoms with Crippen molar-refractivity contribution in [2.24, 2.45) is 5.92 Å². The quantitative estimate of drug-likeness (QED) is 0.844. The van der Waals surface area contributed by atoms with Gasteiger partial charge in [-0.3, -0.25) is 4.79 Å². The van der Waals surface area contributed by atoms with Crippen LogP contribution in [-0.4, -0.2) is 37.9 Å². The van der Waals surface area contributed by atoms with E-state index in [1.54, 1.807) is 4.68 Å². The van der Waals surface area contributed by atoms with Crippen LogP contribution in [0, 0.1) is 12.8 Å². The molecule has 1 heterocycles. The van der Waals surface area contributed by atoms with Gasteiger partial charge in [0.2, 0.25) is 11.1 Å². The minimum Gasteiger partial charge on any atom is -0.352 e. The first-order valence-electron chi connectivity index (χ1n) is 8.41. The predicted molar refractivity (Wildman–Crippen MR) is 94.2 cm³/mol. The molecule has 1 fully saturated rings. The van der Waals surface area contributed by atoms with Gasteiger partial charge in [-0.1, -0.05) is 43.7 Å². The summed E-state index contributed by atoms with van der Waals surface area (Å²) in [7, 11) is 0. The number of benzene rings is 1. The molecule has 1 N–H and O–H groups in total. The highest BCUT2D eigenvalue weighted by molar-refractivity contribution is 7.99. The molecule has 3 rings (SSSR count). The Bertz CT molecular complexity index is 702. The first-order valence-corrected chi connectivity index (χ1v) is 9.39. The smallest absolute Gasteiger partial charge is 0.230 e. The van der Waals surface area contributed by atoms with E-state index in [4.69, 9.17) is 0 Å². The van der Waals surface area contributed by atoms with Crippen LogP contribution in [0.1, 0.15) is 38.2 Å². The fourth-order valence-electron chi connectivity index (χ4n) is 3.10. The maximum atomic E-state index is 12.2.